The van der Waals surface area contributed by atoms with E-state index < -0.39 is 23.2 Å². The minimum atomic E-state index is -0.829. The molecule has 0 radical (unpaired) electrons. The fourth-order valence-electron chi connectivity index (χ4n) is 2.46. The third-order valence-corrected chi connectivity index (χ3v) is 4.08. The van der Waals surface area contributed by atoms with Crippen molar-refractivity contribution < 1.29 is 8.78 Å². The van der Waals surface area contributed by atoms with Gasteiger partial charge in [-0.1, -0.05) is 23.2 Å². The predicted molar refractivity (Wildman–Crippen MR) is 89.9 cm³/mol. The van der Waals surface area contributed by atoms with Gasteiger partial charge in [-0.25, -0.2) is 13.8 Å². The van der Waals surface area contributed by atoms with Crippen molar-refractivity contribution in [2.75, 3.05) is 0 Å². The fourth-order valence-corrected chi connectivity index (χ4v) is 2.89. The lowest BCUT2D eigenvalue weighted by atomic mass is 10.2. The van der Waals surface area contributed by atoms with Crippen LogP contribution in [-0.4, -0.2) is 9.55 Å². The largest absolute Gasteiger partial charge is 0.322 e. The van der Waals surface area contributed by atoms with Crippen LogP contribution in [0.3, 0.4) is 0 Å². The molecule has 1 atom stereocenters. The van der Waals surface area contributed by atoms with Crippen LogP contribution in [0.15, 0.2) is 35.1 Å². The van der Waals surface area contributed by atoms with Gasteiger partial charge >= 0.3 is 0 Å². The zero-order chi connectivity index (χ0) is 17.6. The molecule has 4 nitrogen and oxygen atoms in total. The maximum absolute atomic E-state index is 13.6. The topological polar surface area (TPSA) is 60.9 Å². The van der Waals surface area contributed by atoms with Gasteiger partial charge in [0.25, 0.3) is 5.56 Å². The second kappa shape index (κ2) is 6.12. The lowest BCUT2D eigenvalue weighted by molar-refractivity contribution is 0.579. The molecule has 0 aliphatic rings. The summed E-state index contributed by atoms with van der Waals surface area (Å²) in [6.45, 7) is 1.60. The number of benzene rings is 2. The molecule has 0 fully saturated rings. The van der Waals surface area contributed by atoms with Crippen molar-refractivity contribution in [1.82, 2.24) is 9.55 Å². The summed E-state index contributed by atoms with van der Waals surface area (Å²) in [5.74, 6) is -1.55. The Hall–Kier alpha value is -2.02. The van der Waals surface area contributed by atoms with E-state index in [0.29, 0.717) is 6.07 Å². The zero-order valence-electron chi connectivity index (χ0n) is 12.4. The number of rotatable bonds is 2. The first-order valence-electron chi connectivity index (χ1n) is 6.92. The quantitative estimate of drug-likeness (QED) is 0.742. The Morgan fingerprint density at radius 1 is 1.12 bits per heavy atom. The molecule has 124 valence electrons. The minimum Gasteiger partial charge on any atom is -0.322 e. The first-order valence-corrected chi connectivity index (χ1v) is 7.68. The molecule has 8 heteroatoms. The second-order valence-corrected chi connectivity index (χ2v) is 6.09. The number of nitrogens with two attached hydrogens (primary N) is 1. The molecule has 2 N–H and O–H groups in total. The number of fused-ring (bicyclic) bond motifs is 1. The van der Waals surface area contributed by atoms with E-state index in [9.17, 15) is 13.6 Å². The average molecular weight is 370 g/mol. The molecular weight excluding hydrogens is 359 g/mol. The van der Waals surface area contributed by atoms with Gasteiger partial charge in [0.1, 0.15) is 17.5 Å². The fraction of sp³-hybridized carbons (Fsp3) is 0.125. The number of hydrogen-bond donors (Lipinski definition) is 1. The van der Waals surface area contributed by atoms with E-state index in [4.69, 9.17) is 28.9 Å². The van der Waals surface area contributed by atoms with Crippen LogP contribution in [0.4, 0.5) is 8.78 Å². The molecule has 3 aromatic rings. The zero-order valence-corrected chi connectivity index (χ0v) is 13.9. The van der Waals surface area contributed by atoms with Gasteiger partial charge in [-0.3, -0.25) is 9.36 Å². The first-order chi connectivity index (χ1) is 11.3. The highest BCUT2D eigenvalue weighted by molar-refractivity contribution is 6.39. The van der Waals surface area contributed by atoms with Crippen LogP contribution in [0.5, 0.6) is 0 Å². The molecule has 0 unspecified atom stereocenters. The summed E-state index contributed by atoms with van der Waals surface area (Å²) in [4.78, 5) is 17.2. The lowest BCUT2D eigenvalue weighted by Crippen LogP contribution is -2.28. The summed E-state index contributed by atoms with van der Waals surface area (Å²) < 4.78 is 28.2. The molecule has 24 heavy (non-hydrogen) atoms. The Kier molecular flexibility index (Phi) is 4.29. The van der Waals surface area contributed by atoms with Crippen LogP contribution in [0.1, 0.15) is 18.8 Å². The Bertz CT molecular complexity index is 998. The molecule has 1 heterocycles. The summed E-state index contributed by atoms with van der Waals surface area (Å²) >= 11 is 12.2. The summed E-state index contributed by atoms with van der Waals surface area (Å²) in [5.41, 5.74) is 5.44. The molecular formula is C16H11Cl2F2N3O. The van der Waals surface area contributed by atoms with Crippen LogP contribution in [0, 0.1) is 11.6 Å². The normalized spacial score (nSPS) is 12.6. The summed E-state index contributed by atoms with van der Waals surface area (Å²) in [5, 5.41) is 0.415. The van der Waals surface area contributed by atoms with Crippen molar-refractivity contribution in [2.24, 2.45) is 5.73 Å². The molecule has 0 aliphatic carbocycles. The standard InChI is InChI=1S/C16H11Cl2F2N3O/c1-7(21)15-22-14-12(18)3-2-11(17)13(14)16(24)23(15)10-5-8(19)4-9(20)6-10/h2-7H,21H2,1H3/t7-/m0/s1. The van der Waals surface area contributed by atoms with Crippen LogP contribution in [0.25, 0.3) is 16.6 Å². The number of halogens is 4. The maximum Gasteiger partial charge on any atom is 0.267 e. The molecule has 3 rings (SSSR count). The lowest BCUT2D eigenvalue weighted by Gasteiger charge is -2.17. The van der Waals surface area contributed by atoms with Gasteiger partial charge in [-0.2, -0.15) is 0 Å². The first kappa shape index (κ1) is 16.8. The van der Waals surface area contributed by atoms with Crippen molar-refractivity contribution in [2.45, 2.75) is 13.0 Å². The number of aromatic nitrogens is 2. The SMILES string of the molecule is C[C@H](N)c1nc2c(Cl)ccc(Cl)c2c(=O)n1-c1cc(F)cc(F)c1. The molecule has 0 amide bonds. The Morgan fingerprint density at radius 3 is 2.29 bits per heavy atom. The van der Waals surface area contributed by atoms with Crippen molar-refractivity contribution >= 4 is 34.1 Å². The van der Waals surface area contributed by atoms with Gasteiger partial charge in [0, 0.05) is 6.07 Å². The van der Waals surface area contributed by atoms with E-state index in [1.54, 1.807) is 6.92 Å². The highest BCUT2D eigenvalue weighted by Gasteiger charge is 2.19. The van der Waals surface area contributed by atoms with Crippen LogP contribution in [0.2, 0.25) is 10.0 Å². The highest BCUT2D eigenvalue weighted by atomic mass is 35.5. The van der Waals surface area contributed by atoms with Crippen molar-refractivity contribution in [3.05, 3.63) is 68.2 Å². The third kappa shape index (κ3) is 2.77. The summed E-state index contributed by atoms with van der Waals surface area (Å²) in [6.07, 6.45) is 0. The smallest absolute Gasteiger partial charge is 0.267 e. The Morgan fingerprint density at radius 2 is 1.71 bits per heavy atom. The van der Waals surface area contributed by atoms with E-state index in [-0.39, 0.29) is 32.5 Å². The summed E-state index contributed by atoms with van der Waals surface area (Å²) in [7, 11) is 0. The van der Waals surface area contributed by atoms with Gasteiger partial charge in [-0.05, 0) is 31.2 Å². The molecule has 0 saturated heterocycles. The molecule has 0 bridgehead atoms. The summed E-state index contributed by atoms with van der Waals surface area (Å²) in [6, 6.07) is 5.01. The van der Waals surface area contributed by atoms with E-state index in [1.165, 1.54) is 12.1 Å². The highest BCUT2D eigenvalue weighted by Crippen LogP contribution is 2.28. The van der Waals surface area contributed by atoms with Gasteiger partial charge < -0.3 is 5.73 Å². The van der Waals surface area contributed by atoms with E-state index in [0.717, 1.165) is 16.7 Å². The Labute approximate surface area is 145 Å². The van der Waals surface area contributed by atoms with E-state index in [2.05, 4.69) is 4.98 Å². The molecule has 0 saturated carbocycles. The van der Waals surface area contributed by atoms with Crippen LogP contribution in [-0.2, 0) is 0 Å². The Balaban J connectivity index is 2.51. The van der Waals surface area contributed by atoms with E-state index in [1.807, 2.05) is 0 Å². The molecule has 2 aromatic carbocycles. The number of nitrogens with zero attached hydrogens (tertiary/aromatic N) is 2. The van der Waals surface area contributed by atoms with Gasteiger partial charge in [0.15, 0.2) is 0 Å². The predicted octanol–water partition coefficient (Wildman–Crippen LogP) is 3.99. The second-order valence-electron chi connectivity index (χ2n) is 5.28. The van der Waals surface area contributed by atoms with Gasteiger partial charge in [0.2, 0.25) is 0 Å². The van der Waals surface area contributed by atoms with Crippen LogP contribution < -0.4 is 11.3 Å². The van der Waals surface area contributed by atoms with E-state index >= 15 is 0 Å². The van der Waals surface area contributed by atoms with Crippen molar-refractivity contribution in [3.63, 3.8) is 0 Å². The maximum atomic E-state index is 13.6. The molecule has 0 aliphatic heterocycles. The van der Waals surface area contributed by atoms with Crippen molar-refractivity contribution in [3.8, 4) is 5.69 Å². The monoisotopic (exact) mass is 369 g/mol. The van der Waals surface area contributed by atoms with Gasteiger partial charge in [0.05, 0.1) is 32.7 Å². The average Bonchev–Trinajstić information content (AvgIpc) is 2.49. The van der Waals surface area contributed by atoms with Crippen LogP contribution >= 0.6 is 23.2 Å². The number of hydrogen-bond acceptors (Lipinski definition) is 3. The van der Waals surface area contributed by atoms with Crippen molar-refractivity contribution in [1.29, 1.82) is 0 Å². The third-order valence-electron chi connectivity index (χ3n) is 3.46. The minimum absolute atomic E-state index is 0.0322. The van der Waals surface area contributed by atoms with Gasteiger partial charge in [-0.15, -0.1) is 0 Å². The molecule has 1 aromatic heterocycles. The molecule has 0 spiro atoms.